The Morgan fingerprint density at radius 2 is 1.41 bits per heavy atom. The summed E-state index contributed by atoms with van der Waals surface area (Å²) in [6.45, 7) is 4.83. The predicted molar refractivity (Wildman–Crippen MR) is 128 cm³/mol. The summed E-state index contributed by atoms with van der Waals surface area (Å²) in [5.74, 6) is -0.708. The number of rotatable bonds is 7. The SMILES string of the molecule is CC(C)(F)C(c1cc(F)cc(-n2cnnc2)c1)C1C[NH+](C(c2ccccc2)c2ccccc2)C1. The average molecular weight is 460 g/mol. The maximum Gasteiger partial charge on any atom is 0.139 e. The Hall–Kier alpha value is -3.38. The fourth-order valence-electron chi connectivity index (χ4n) is 5.53. The number of nitrogens with one attached hydrogen (secondary N) is 1. The minimum Gasteiger partial charge on any atom is -0.324 e. The molecule has 1 unspecified atom stereocenters. The van der Waals surface area contributed by atoms with Gasteiger partial charge in [-0.2, -0.15) is 0 Å². The van der Waals surface area contributed by atoms with Crippen LogP contribution in [0.1, 0.15) is 42.5 Å². The molecule has 0 spiro atoms. The number of hydrogen-bond acceptors (Lipinski definition) is 2. The van der Waals surface area contributed by atoms with Crippen LogP contribution in [0.2, 0.25) is 0 Å². The first-order valence-electron chi connectivity index (χ1n) is 11.7. The van der Waals surface area contributed by atoms with Gasteiger partial charge in [-0.1, -0.05) is 60.7 Å². The van der Waals surface area contributed by atoms with Crippen LogP contribution in [0.3, 0.4) is 0 Å². The Morgan fingerprint density at radius 1 is 0.853 bits per heavy atom. The Labute approximate surface area is 198 Å². The summed E-state index contributed by atoms with van der Waals surface area (Å²) in [5, 5.41) is 7.63. The molecule has 6 heteroatoms. The summed E-state index contributed by atoms with van der Waals surface area (Å²) in [4.78, 5) is 1.40. The zero-order valence-corrected chi connectivity index (χ0v) is 19.4. The number of likely N-dealkylation sites (tertiary alicyclic amines) is 1. The van der Waals surface area contributed by atoms with Crippen molar-refractivity contribution in [2.75, 3.05) is 13.1 Å². The van der Waals surface area contributed by atoms with E-state index in [4.69, 9.17) is 0 Å². The minimum absolute atomic E-state index is 0.0977. The van der Waals surface area contributed by atoms with E-state index in [1.54, 1.807) is 18.4 Å². The van der Waals surface area contributed by atoms with Crippen molar-refractivity contribution >= 4 is 0 Å². The van der Waals surface area contributed by atoms with Crippen molar-refractivity contribution in [1.82, 2.24) is 14.8 Å². The molecule has 1 N–H and O–H groups in total. The summed E-state index contributed by atoms with van der Waals surface area (Å²) >= 11 is 0. The van der Waals surface area contributed by atoms with E-state index >= 15 is 4.39 Å². The topological polar surface area (TPSA) is 35.1 Å². The van der Waals surface area contributed by atoms with E-state index in [-0.39, 0.29) is 17.8 Å². The summed E-state index contributed by atoms with van der Waals surface area (Å²) < 4.78 is 31.9. The molecule has 0 radical (unpaired) electrons. The van der Waals surface area contributed by atoms with Gasteiger partial charge < -0.3 is 4.90 Å². The van der Waals surface area contributed by atoms with E-state index in [1.165, 1.54) is 40.8 Å². The van der Waals surface area contributed by atoms with Crippen LogP contribution in [0.15, 0.2) is 91.5 Å². The molecular weight excluding hydrogens is 430 g/mol. The van der Waals surface area contributed by atoms with Crippen LogP contribution in [0.5, 0.6) is 0 Å². The second kappa shape index (κ2) is 9.11. The van der Waals surface area contributed by atoms with Gasteiger partial charge in [0.2, 0.25) is 0 Å². The molecule has 4 aromatic rings. The molecule has 3 aromatic carbocycles. The molecule has 5 rings (SSSR count). The van der Waals surface area contributed by atoms with Gasteiger partial charge in [-0.25, -0.2) is 8.78 Å². The maximum absolute atomic E-state index is 15.6. The number of quaternary nitrogens is 1. The van der Waals surface area contributed by atoms with E-state index in [0.717, 1.165) is 13.1 Å². The highest BCUT2D eigenvalue weighted by Crippen LogP contribution is 2.40. The normalized spacial score (nSPS) is 19.1. The highest BCUT2D eigenvalue weighted by atomic mass is 19.1. The van der Waals surface area contributed by atoms with Gasteiger partial charge in [0.15, 0.2) is 0 Å². The summed E-state index contributed by atoms with van der Waals surface area (Å²) in [5.41, 5.74) is 2.28. The third-order valence-corrected chi connectivity index (χ3v) is 6.91. The molecule has 4 nitrogen and oxygen atoms in total. The van der Waals surface area contributed by atoms with E-state index in [2.05, 4.69) is 58.7 Å². The molecule has 1 atom stereocenters. The van der Waals surface area contributed by atoms with Crippen molar-refractivity contribution < 1.29 is 13.7 Å². The molecule has 1 aromatic heterocycles. The number of benzene rings is 3. The third-order valence-electron chi connectivity index (χ3n) is 6.91. The highest BCUT2D eigenvalue weighted by Gasteiger charge is 2.48. The first kappa shape index (κ1) is 22.4. The quantitative estimate of drug-likeness (QED) is 0.440. The van der Waals surface area contributed by atoms with E-state index in [1.807, 2.05) is 18.2 Å². The average Bonchev–Trinajstić information content (AvgIpc) is 3.33. The van der Waals surface area contributed by atoms with Crippen molar-refractivity contribution in [3.63, 3.8) is 0 Å². The lowest BCUT2D eigenvalue weighted by Gasteiger charge is -2.46. The predicted octanol–water partition coefficient (Wildman–Crippen LogP) is 4.54. The smallest absolute Gasteiger partial charge is 0.139 e. The van der Waals surface area contributed by atoms with Crippen molar-refractivity contribution in [2.45, 2.75) is 31.5 Å². The molecule has 34 heavy (non-hydrogen) atoms. The van der Waals surface area contributed by atoms with Crippen molar-refractivity contribution in [3.05, 3.63) is 114 Å². The zero-order chi connectivity index (χ0) is 23.7. The van der Waals surface area contributed by atoms with Crippen LogP contribution in [0.25, 0.3) is 5.69 Å². The molecule has 1 aliphatic rings. The number of halogens is 2. The van der Waals surface area contributed by atoms with Gasteiger partial charge in [0.05, 0.1) is 24.7 Å². The minimum atomic E-state index is -1.50. The van der Waals surface area contributed by atoms with Gasteiger partial charge in [-0.3, -0.25) is 4.57 Å². The number of hydrogen-bond donors (Lipinski definition) is 1. The molecule has 174 valence electrons. The van der Waals surface area contributed by atoms with Gasteiger partial charge in [0.1, 0.15) is 30.2 Å². The Balaban J connectivity index is 1.44. The fraction of sp³-hybridized carbons (Fsp3) is 0.286. The molecule has 0 amide bonds. The maximum atomic E-state index is 15.6. The van der Waals surface area contributed by atoms with Crippen LogP contribution in [0, 0.1) is 11.7 Å². The highest BCUT2D eigenvalue weighted by molar-refractivity contribution is 5.39. The lowest BCUT2D eigenvalue weighted by molar-refractivity contribution is -0.974. The molecule has 0 saturated carbocycles. The van der Waals surface area contributed by atoms with Crippen LogP contribution in [-0.2, 0) is 0 Å². The molecule has 1 saturated heterocycles. The third kappa shape index (κ3) is 4.50. The van der Waals surface area contributed by atoms with Gasteiger partial charge >= 0.3 is 0 Å². The lowest BCUT2D eigenvalue weighted by atomic mass is 9.72. The second-order valence-corrected chi connectivity index (χ2v) is 9.73. The van der Waals surface area contributed by atoms with Crippen molar-refractivity contribution in [3.8, 4) is 5.69 Å². The summed E-state index contributed by atoms with van der Waals surface area (Å²) in [6, 6.07) is 25.9. The van der Waals surface area contributed by atoms with Crippen molar-refractivity contribution in [2.24, 2.45) is 5.92 Å². The number of aromatic nitrogens is 3. The van der Waals surface area contributed by atoms with Crippen LogP contribution >= 0.6 is 0 Å². The van der Waals surface area contributed by atoms with Gasteiger partial charge in [-0.05, 0) is 37.6 Å². The largest absolute Gasteiger partial charge is 0.324 e. The van der Waals surface area contributed by atoms with Gasteiger partial charge in [0, 0.05) is 17.0 Å². The van der Waals surface area contributed by atoms with Gasteiger partial charge in [-0.15, -0.1) is 10.2 Å². The Kier molecular flexibility index (Phi) is 6.00. The zero-order valence-electron chi connectivity index (χ0n) is 19.4. The molecule has 0 bridgehead atoms. The van der Waals surface area contributed by atoms with Crippen LogP contribution < -0.4 is 4.90 Å². The number of nitrogens with zero attached hydrogens (tertiary/aromatic N) is 3. The van der Waals surface area contributed by atoms with Crippen LogP contribution in [0.4, 0.5) is 8.78 Å². The first-order chi connectivity index (χ1) is 16.4. The fourth-order valence-corrected chi connectivity index (χ4v) is 5.53. The van der Waals surface area contributed by atoms with E-state index < -0.39 is 11.6 Å². The Bertz CT molecular complexity index is 1180. The van der Waals surface area contributed by atoms with E-state index in [0.29, 0.717) is 11.3 Å². The summed E-state index contributed by atoms with van der Waals surface area (Å²) in [6.07, 6.45) is 3.04. The molecule has 2 heterocycles. The van der Waals surface area contributed by atoms with E-state index in [9.17, 15) is 4.39 Å². The number of alkyl halides is 1. The second-order valence-electron chi connectivity index (χ2n) is 9.73. The molecular formula is C28H29F2N4+. The summed E-state index contributed by atoms with van der Waals surface area (Å²) in [7, 11) is 0. The standard InChI is InChI=1S/C28H28F2N4/c1-28(2,30)26(22-13-24(29)15-25(14-22)34-18-31-32-19-34)23-16-33(17-23)27(20-9-5-3-6-10-20)21-11-7-4-8-12-21/h3-15,18-19,23,26-27H,16-17H2,1-2H3/p+1. The van der Waals surface area contributed by atoms with Crippen LogP contribution in [-0.4, -0.2) is 33.5 Å². The van der Waals surface area contributed by atoms with Gasteiger partial charge in [0.25, 0.3) is 0 Å². The Morgan fingerprint density at radius 3 is 1.94 bits per heavy atom. The molecule has 0 aliphatic carbocycles. The molecule has 1 aliphatic heterocycles. The first-order valence-corrected chi connectivity index (χ1v) is 11.7. The lowest BCUT2D eigenvalue weighted by Crippen LogP contribution is -3.20. The molecule has 1 fully saturated rings. The monoisotopic (exact) mass is 459 g/mol. The van der Waals surface area contributed by atoms with Crippen molar-refractivity contribution in [1.29, 1.82) is 0 Å².